The monoisotopic (exact) mass is 280 g/mol. The Kier molecular flexibility index (Phi) is 3.70. The summed E-state index contributed by atoms with van der Waals surface area (Å²) < 4.78 is 27.4. The van der Waals surface area contributed by atoms with Crippen LogP contribution >= 0.6 is 0 Å². The van der Waals surface area contributed by atoms with Crippen LogP contribution in [0.25, 0.3) is 0 Å². The molecule has 2 fully saturated rings. The van der Waals surface area contributed by atoms with E-state index in [1.165, 1.54) is 6.07 Å². The standard InChI is InChI=1S/C15H18F2N2O/c16-12-2-1-3-13(17)14(12)15(20)19-6-4-10-8-18-9-11(10)5-7-19/h1-3,10-11,18H,4-9H2/t10-,11+. The van der Waals surface area contributed by atoms with E-state index in [1.807, 2.05) is 0 Å². The van der Waals surface area contributed by atoms with Crippen molar-refractivity contribution in [3.8, 4) is 0 Å². The number of hydrogen-bond donors (Lipinski definition) is 1. The quantitative estimate of drug-likeness (QED) is 0.854. The van der Waals surface area contributed by atoms with Gasteiger partial charge >= 0.3 is 0 Å². The zero-order valence-corrected chi connectivity index (χ0v) is 11.2. The van der Waals surface area contributed by atoms with Gasteiger partial charge in [-0.2, -0.15) is 0 Å². The third-order valence-corrected chi connectivity index (χ3v) is 4.48. The number of fused-ring (bicyclic) bond motifs is 1. The molecule has 1 aromatic carbocycles. The van der Waals surface area contributed by atoms with Gasteiger partial charge < -0.3 is 10.2 Å². The number of nitrogens with zero attached hydrogens (tertiary/aromatic N) is 1. The summed E-state index contributed by atoms with van der Waals surface area (Å²) in [4.78, 5) is 13.9. The minimum absolute atomic E-state index is 0.419. The van der Waals surface area contributed by atoms with Gasteiger partial charge in [-0.25, -0.2) is 8.78 Å². The summed E-state index contributed by atoms with van der Waals surface area (Å²) in [5.41, 5.74) is -0.419. The highest BCUT2D eigenvalue weighted by atomic mass is 19.1. The first kappa shape index (κ1) is 13.5. The Labute approximate surface area is 117 Å². The van der Waals surface area contributed by atoms with Crippen molar-refractivity contribution < 1.29 is 13.6 Å². The minimum Gasteiger partial charge on any atom is -0.338 e. The molecule has 2 atom stereocenters. The van der Waals surface area contributed by atoms with Crippen molar-refractivity contribution in [3.05, 3.63) is 35.4 Å². The van der Waals surface area contributed by atoms with Crippen LogP contribution in [0.1, 0.15) is 23.2 Å². The highest BCUT2D eigenvalue weighted by Crippen LogP contribution is 2.28. The van der Waals surface area contributed by atoms with E-state index >= 15 is 0 Å². The molecule has 3 rings (SSSR count). The fourth-order valence-corrected chi connectivity index (χ4v) is 3.28. The second-order valence-corrected chi connectivity index (χ2v) is 5.64. The zero-order chi connectivity index (χ0) is 14.1. The van der Waals surface area contributed by atoms with Gasteiger partial charge in [0.2, 0.25) is 0 Å². The summed E-state index contributed by atoms with van der Waals surface area (Å²) >= 11 is 0. The average molecular weight is 280 g/mol. The lowest BCUT2D eigenvalue weighted by Crippen LogP contribution is -2.34. The van der Waals surface area contributed by atoms with Crippen LogP contribution in [0.4, 0.5) is 8.78 Å². The molecule has 0 radical (unpaired) electrons. The molecular formula is C15H18F2N2O. The van der Waals surface area contributed by atoms with Crippen LogP contribution in [0.5, 0.6) is 0 Å². The van der Waals surface area contributed by atoms with Crippen molar-refractivity contribution >= 4 is 5.91 Å². The van der Waals surface area contributed by atoms with Crippen LogP contribution < -0.4 is 5.32 Å². The molecule has 0 bridgehead atoms. The van der Waals surface area contributed by atoms with Crippen molar-refractivity contribution in [2.75, 3.05) is 26.2 Å². The van der Waals surface area contributed by atoms with Crippen LogP contribution in [0.15, 0.2) is 18.2 Å². The van der Waals surface area contributed by atoms with E-state index in [4.69, 9.17) is 0 Å². The van der Waals surface area contributed by atoms with Gasteiger partial charge in [0.25, 0.3) is 5.91 Å². The van der Waals surface area contributed by atoms with E-state index in [9.17, 15) is 13.6 Å². The molecule has 0 saturated carbocycles. The molecule has 0 spiro atoms. The van der Waals surface area contributed by atoms with Gasteiger partial charge in [0.05, 0.1) is 0 Å². The Morgan fingerprint density at radius 2 is 1.65 bits per heavy atom. The largest absolute Gasteiger partial charge is 0.338 e. The Morgan fingerprint density at radius 3 is 2.20 bits per heavy atom. The molecule has 2 saturated heterocycles. The first-order valence-corrected chi connectivity index (χ1v) is 7.11. The van der Waals surface area contributed by atoms with Gasteiger partial charge in [-0.05, 0) is 49.9 Å². The maximum absolute atomic E-state index is 13.7. The molecule has 1 amide bonds. The van der Waals surface area contributed by atoms with Gasteiger partial charge in [0.1, 0.15) is 17.2 Å². The second kappa shape index (κ2) is 5.48. The van der Waals surface area contributed by atoms with Gasteiger partial charge in [0.15, 0.2) is 0 Å². The first-order valence-electron chi connectivity index (χ1n) is 7.11. The van der Waals surface area contributed by atoms with E-state index < -0.39 is 23.1 Å². The molecule has 3 nitrogen and oxygen atoms in total. The van der Waals surface area contributed by atoms with Crippen LogP contribution in [0.2, 0.25) is 0 Å². The molecule has 20 heavy (non-hydrogen) atoms. The Bertz CT molecular complexity index is 486. The molecule has 1 N–H and O–H groups in total. The van der Waals surface area contributed by atoms with Crippen molar-refractivity contribution in [1.29, 1.82) is 0 Å². The molecule has 2 aliphatic rings. The van der Waals surface area contributed by atoms with E-state index in [0.29, 0.717) is 24.9 Å². The number of rotatable bonds is 1. The Hall–Kier alpha value is -1.49. The average Bonchev–Trinajstić information content (AvgIpc) is 2.77. The smallest absolute Gasteiger partial charge is 0.259 e. The van der Waals surface area contributed by atoms with Crippen LogP contribution in [-0.4, -0.2) is 37.0 Å². The summed E-state index contributed by atoms with van der Waals surface area (Å²) in [5, 5.41) is 3.36. The highest BCUT2D eigenvalue weighted by molar-refractivity contribution is 5.94. The van der Waals surface area contributed by atoms with E-state index in [-0.39, 0.29) is 0 Å². The lowest BCUT2D eigenvalue weighted by molar-refractivity contribution is 0.0748. The van der Waals surface area contributed by atoms with E-state index in [0.717, 1.165) is 38.1 Å². The number of halogens is 2. The molecule has 2 heterocycles. The Balaban J connectivity index is 1.77. The van der Waals surface area contributed by atoms with Crippen molar-refractivity contribution in [2.45, 2.75) is 12.8 Å². The van der Waals surface area contributed by atoms with E-state index in [2.05, 4.69) is 5.32 Å². The van der Waals surface area contributed by atoms with Gasteiger partial charge in [-0.3, -0.25) is 4.79 Å². The summed E-state index contributed by atoms with van der Waals surface area (Å²) in [5.74, 6) is -0.910. The highest BCUT2D eigenvalue weighted by Gasteiger charge is 2.32. The number of likely N-dealkylation sites (tertiary alicyclic amines) is 1. The normalized spacial score (nSPS) is 26.2. The molecule has 108 valence electrons. The predicted octanol–water partition coefficient (Wildman–Crippen LogP) is 2.04. The lowest BCUT2D eigenvalue weighted by Gasteiger charge is -2.21. The van der Waals surface area contributed by atoms with Gasteiger partial charge in [-0.15, -0.1) is 0 Å². The van der Waals surface area contributed by atoms with Gasteiger partial charge in [0, 0.05) is 13.1 Å². The number of carbonyl (C=O) groups is 1. The summed E-state index contributed by atoms with van der Waals surface area (Å²) in [6, 6.07) is 3.54. The molecule has 0 aromatic heterocycles. The molecule has 1 aromatic rings. The lowest BCUT2D eigenvalue weighted by atomic mass is 9.92. The van der Waals surface area contributed by atoms with Crippen molar-refractivity contribution in [2.24, 2.45) is 11.8 Å². The fraction of sp³-hybridized carbons (Fsp3) is 0.533. The van der Waals surface area contributed by atoms with Crippen molar-refractivity contribution in [3.63, 3.8) is 0 Å². The van der Waals surface area contributed by atoms with Crippen LogP contribution in [0.3, 0.4) is 0 Å². The first-order chi connectivity index (χ1) is 9.66. The minimum atomic E-state index is -0.777. The second-order valence-electron chi connectivity index (χ2n) is 5.64. The fourth-order valence-electron chi connectivity index (χ4n) is 3.28. The van der Waals surface area contributed by atoms with Gasteiger partial charge in [-0.1, -0.05) is 6.07 Å². The maximum Gasteiger partial charge on any atom is 0.259 e. The summed E-state index contributed by atoms with van der Waals surface area (Å²) in [7, 11) is 0. The SMILES string of the molecule is O=C(c1c(F)cccc1F)N1CC[C@@H]2CNC[C@@H]2CC1. The van der Waals surface area contributed by atoms with Crippen LogP contribution in [0, 0.1) is 23.5 Å². The number of benzene rings is 1. The number of carbonyl (C=O) groups excluding carboxylic acids is 1. The number of hydrogen-bond acceptors (Lipinski definition) is 2. The van der Waals surface area contributed by atoms with E-state index in [1.54, 1.807) is 4.90 Å². The maximum atomic E-state index is 13.7. The van der Waals surface area contributed by atoms with Crippen LogP contribution in [-0.2, 0) is 0 Å². The topological polar surface area (TPSA) is 32.3 Å². The molecule has 2 aliphatic heterocycles. The summed E-state index contributed by atoms with van der Waals surface area (Å²) in [6.45, 7) is 3.13. The number of amides is 1. The Morgan fingerprint density at radius 1 is 1.10 bits per heavy atom. The molecular weight excluding hydrogens is 262 g/mol. The summed E-state index contributed by atoms with van der Waals surface area (Å²) in [6.07, 6.45) is 1.80. The van der Waals surface area contributed by atoms with Crippen molar-refractivity contribution in [1.82, 2.24) is 10.2 Å². The predicted molar refractivity (Wildman–Crippen MR) is 71.3 cm³/mol. The molecule has 0 unspecified atom stereocenters. The third-order valence-electron chi connectivity index (χ3n) is 4.48. The third kappa shape index (κ3) is 2.42. The molecule has 0 aliphatic carbocycles. The zero-order valence-electron chi connectivity index (χ0n) is 11.2. The number of nitrogens with one attached hydrogen (secondary N) is 1. The molecule has 5 heteroatoms.